The van der Waals surface area contributed by atoms with Crippen molar-refractivity contribution in [3.8, 4) is 0 Å². The van der Waals surface area contributed by atoms with E-state index in [1.807, 2.05) is 13.8 Å². The minimum atomic E-state index is -0.173. The van der Waals surface area contributed by atoms with Gasteiger partial charge in [0.15, 0.2) is 0 Å². The predicted molar refractivity (Wildman–Crippen MR) is 83.7 cm³/mol. The van der Waals surface area contributed by atoms with Crippen LogP contribution in [0.2, 0.25) is 5.02 Å². The number of nitrogens with zero attached hydrogens (tertiary/aromatic N) is 1. The van der Waals surface area contributed by atoms with Gasteiger partial charge in [-0.2, -0.15) is 0 Å². The quantitative estimate of drug-likeness (QED) is 0.821. The molecule has 2 amide bonds. The normalized spacial score (nSPS) is 10.3. The van der Waals surface area contributed by atoms with Crippen LogP contribution < -0.4 is 11.1 Å². The zero-order valence-corrected chi connectivity index (χ0v) is 12.6. The summed E-state index contributed by atoms with van der Waals surface area (Å²) in [6.45, 7) is 4.40. The molecule has 0 unspecified atom stereocenters. The lowest BCUT2D eigenvalue weighted by Gasteiger charge is -2.26. The number of nitrogens with one attached hydrogen (secondary N) is 1. The molecular weight excluding hydrogens is 282 g/mol. The number of carbonyl (C=O) groups is 1. The molecule has 4 nitrogen and oxygen atoms in total. The van der Waals surface area contributed by atoms with Gasteiger partial charge in [-0.1, -0.05) is 23.8 Å². The molecule has 1 aromatic carbocycles. The largest absolute Gasteiger partial charge is 0.393 e. The molecule has 0 fully saturated rings. The maximum absolute atomic E-state index is 12.1. The average Bonchev–Trinajstić information content (AvgIpc) is 2.31. The first-order chi connectivity index (χ1) is 8.90. The fraction of sp³-hybridized carbons (Fsp3) is 0.385. The molecule has 0 aliphatic carbocycles. The van der Waals surface area contributed by atoms with Crippen LogP contribution in [0.3, 0.4) is 0 Å². The van der Waals surface area contributed by atoms with E-state index < -0.39 is 0 Å². The summed E-state index contributed by atoms with van der Waals surface area (Å²) in [6, 6.07) is 6.87. The third-order valence-corrected chi connectivity index (χ3v) is 3.03. The minimum absolute atomic E-state index is 0.0710. The van der Waals surface area contributed by atoms with Gasteiger partial charge in [0.1, 0.15) is 0 Å². The van der Waals surface area contributed by atoms with E-state index in [-0.39, 0.29) is 12.1 Å². The molecule has 1 aromatic rings. The first-order valence-electron chi connectivity index (χ1n) is 6.01. The minimum Gasteiger partial charge on any atom is -0.393 e. The molecular formula is C13H18ClN3OS. The summed E-state index contributed by atoms with van der Waals surface area (Å²) in [5, 5.41) is 3.45. The molecule has 0 aromatic heterocycles. The zero-order chi connectivity index (χ0) is 14.4. The van der Waals surface area contributed by atoms with Crippen LogP contribution in [0.5, 0.6) is 0 Å². The summed E-state index contributed by atoms with van der Waals surface area (Å²) in [5.74, 6) is 0. The van der Waals surface area contributed by atoms with Crippen LogP contribution in [-0.4, -0.2) is 28.5 Å². The maximum Gasteiger partial charge on any atom is 0.322 e. The first kappa shape index (κ1) is 15.7. The van der Waals surface area contributed by atoms with Crippen LogP contribution in [0.15, 0.2) is 24.3 Å². The van der Waals surface area contributed by atoms with Crippen molar-refractivity contribution in [3.05, 3.63) is 29.3 Å². The molecule has 104 valence electrons. The Morgan fingerprint density at radius 1 is 1.42 bits per heavy atom. The summed E-state index contributed by atoms with van der Waals surface area (Å²) < 4.78 is 0. The Morgan fingerprint density at radius 2 is 2.00 bits per heavy atom. The van der Waals surface area contributed by atoms with Gasteiger partial charge in [-0.05, 0) is 38.1 Å². The van der Waals surface area contributed by atoms with Crippen molar-refractivity contribution in [2.75, 3.05) is 11.9 Å². The number of nitrogens with two attached hydrogens (primary N) is 1. The van der Waals surface area contributed by atoms with E-state index in [0.717, 1.165) is 0 Å². The Hall–Kier alpha value is -1.33. The lowest BCUT2D eigenvalue weighted by atomic mass is 10.3. The van der Waals surface area contributed by atoms with E-state index in [1.165, 1.54) is 0 Å². The van der Waals surface area contributed by atoms with E-state index in [1.54, 1.807) is 29.2 Å². The van der Waals surface area contributed by atoms with Gasteiger partial charge in [0.2, 0.25) is 0 Å². The molecule has 19 heavy (non-hydrogen) atoms. The lowest BCUT2D eigenvalue weighted by molar-refractivity contribution is 0.199. The standard InChI is InChI=1S/C13H18ClN3OS/c1-9(2)17(8-7-12(15)19)13(18)16-11-5-3-10(14)4-6-11/h3-6,9H,7-8H2,1-2H3,(H2,15,19)(H,16,18). The van der Waals surface area contributed by atoms with Gasteiger partial charge < -0.3 is 16.0 Å². The van der Waals surface area contributed by atoms with Crippen LogP contribution in [-0.2, 0) is 0 Å². The van der Waals surface area contributed by atoms with Crippen LogP contribution in [0.25, 0.3) is 0 Å². The van der Waals surface area contributed by atoms with Gasteiger partial charge in [-0.15, -0.1) is 0 Å². The van der Waals surface area contributed by atoms with Crippen molar-refractivity contribution in [1.82, 2.24) is 4.90 Å². The molecule has 0 spiro atoms. The van der Waals surface area contributed by atoms with Crippen molar-refractivity contribution < 1.29 is 4.79 Å². The molecule has 0 bridgehead atoms. The molecule has 0 atom stereocenters. The van der Waals surface area contributed by atoms with Crippen molar-refractivity contribution in [3.63, 3.8) is 0 Å². The van der Waals surface area contributed by atoms with Crippen LogP contribution in [0.1, 0.15) is 20.3 Å². The molecule has 3 N–H and O–H groups in total. The van der Waals surface area contributed by atoms with Crippen molar-refractivity contribution in [2.24, 2.45) is 5.73 Å². The van der Waals surface area contributed by atoms with Gasteiger partial charge >= 0.3 is 6.03 Å². The van der Waals surface area contributed by atoms with Gasteiger partial charge in [-0.25, -0.2) is 4.79 Å². The number of halogens is 1. The van der Waals surface area contributed by atoms with E-state index >= 15 is 0 Å². The molecule has 0 saturated heterocycles. The summed E-state index contributed by atoms with van der Waals surface area (Å²) >= 11 is 10.6. The van der Waals surface area contributed by atoms with Crippen molar-refractivity contribution in [1.29, 1.82) is 0 Å². The Labute approximate surface area is 123 Å². The molecule has 0 radical (unpaired) electrons. The van der Waals surface area contributed by atoms with Crippen molar-refractivity contribution >= 4 is 40.5 Å². The summed E-state index contributed by atoms with van der Waals surface area (Å²) in [6.07, 6.45) is 0.515. The smallest absolute Gasteiger partial charge is 0.322 e. The number of thiocarbonyl (C=S) groups is 1. The molecule has 0 saturated carbocycles. The third-order valence-electron chi connectivity index (χ3n) is 2.58. The highest BCUT2D eigenvalue weighted by molar-refractivity contribution is 7.80. The van der Waals surface area contributed by atoms with Crippen LogP contribution >= 0.6 is 23.8 Å². The zero-order valence-electron chi connectivity index (χ0n) is 11.0. The number of amides is 2. The Morgan fingerprint density at radius 3 is 2.47 bits per heavy atom. The fourth-order valence-electron chi connectivity index (χ4n) is 1.55. The number of hydrogen-bond donors (Lipinski definition) is 2. The van der Waals surface area contributed by atoms with E-state index in [0.29, 0.717) is 28.7 Å². The Bertz CT molecular complexity index is 448. The molecule has 0 aliphatic rings. The fourth-order valence-corrected chi connectivity index (χ4v) is 1.77. The molecule has 6 heteroatoms. The number of anilines is 1. The van der Waals surface area contributed by atoms with E-state index in [9.17, 15) is 4.79 Å². The van der Waals surface area contributed by atoms with Gasteiger partial charge in [0.05, 0.1) is 4.99 Å². The summed E-state index contributed by atoms with van der Waals surface area (Å²) in [5.41, 5.74) is 6.17. The first-order valence-corrected chi connectivity index (χ1v) is 6.80. The second-order valence-electron chi connectivity index (χ2n) is 4.44. The number of benzene rings is 1. The highest BCUT2D eigenvalue weighted by atomic mass is 35.5. The lowest BCUT2D eigenvalue weighted by Crippen LogP contribution is -2.41. The molecule has 1 rings (SSSR count). The van der Waals surface area contributed by atoms with Crippen molar-refractivity contribution in [2.45, 2.75) is 26.3 Å². The summed E-state index contributed by atoms with van der Waals surface area (Å²) in [7, 11) is 0. The second-order valence-corrected chi connectivity index (χ2v) is 5.40. The Kier molecular flexibility index (Phi) is 6.05. The van der Waals surface area contributed by atoms with E-state index in [2.05, 4.69) is 5.32 Å². The van der Waals surface area contributed by atoms with Gasteiger partial charge in [-0.3, -0.25) is 0 Å². The monoisotopic (exact) mass is 299 g/mol. The topological polar surface area (TPSA) is 58.4 Å². The highest BCUT2D eigenvalue weighted by Crippen LogP contribution is 2.14. The number of rotatable bonds is 5. The van der Waals surface area contributed by atoms with Crippen LogP contribution in [0.4, 0.5) is 10.5 Å². The number of hydrogen-bond acceptors (Lipinski definition) is 2. The SMILES string of the molecule is CC(C)N(CCC(N)=S)C(=O)Nc1ccc(Cl)cc1. The second kappa shape index (κ2) is 7.31. The number of carbonyl (C=O) groups excluding carboxylic acids is 1. The highest BCUT2D eigenvalue weighted by Gasteiger charge is 2.16. The third kappa shape index (κ3) is 5.44. The maximum atomic E-state index is 12.1. The average molecular weight is 300 g/mol. The predicted octanol–water partition coefficient (Wildman–Crippen LogP) is 3.26. The van der Waals surface area contributed by atoms with E-state index in [4.69, 9.17) is 29.6 Å². The molecule has 0 heterocycles. The Balaban J connectivity index is 2.66. The van der Waals surface area contributed by atoms with Crippen LogP contribution in [0, 0.1) is 0 Å². The summed E-state index contributed by atoms with van der Waals surface area (Å²) in [4.78, 5) is 14.2. The molecule has 0 aliphatic heterocycles. The number of urea groups is 1. The van der Waals surface area contributed by atoms with Gasteiger partial charge in [0, 0.05) is 29.7 Å². The van der Waals surface area contributed by atoms with Gasteiger partial charge in [0.25, 0.3) is 0 Å².